The molecule has 0 fully saturated rings. The Balaban J connectivity index is 2.71. The molecule has 0 aliphatic heterocycles. The minimum absolute atomic E-state index is 0.00107. The highest BCUT2D eigenvalue weighted by Gasteiger charge is 2.08. The van der Waals surface area contributed by atoms with Crippen molar-refractivity contribution in [2.24, 2.45) is 0 Å². The Labute approximate surface area is 114 Å². The fraction of sp³-hybridized carbons (Fsp3) is 0.333. The van der Waals surface area contributed by atoms with Gasteiger partial charge in [0.2, 0.25) is 5.91 Å². The lowest BCUT2D eigenvalue weighted by Gasteiger charge is -2.09. The number of rotatable bonds is 4. The maximum atomic E-state index is 11.5. The standard InChI is InChI=1S/C12H13BrClNO2/c1-7-5-9(13)11(6-10(7)14)15-12(17)4-3-8(2)16/h5-6H,3-4H2,1-2H3,(H,15,17). The van der Waals surface area contributed by atoms with Gasteiger partial charge in [-0.1, -0.05) is 11.6 Å². The van der Waals surface area contributed by atoms with Crippen LogP contribution in [0.4, 0.5) is 5.69 Å². The largest absolute Gasteiger partial charge is 0.325 e. The Morgan fingerprint density at radius 2 is 2.00 bits per heavy atom. The molecule has 5 heteroatoms. The number of amides is 1. The Kier molecular flexibility index (Phi) is 5.15. The first-order chi connectivity index (χ1) is 7.90. The first kappa shape index (κ1) is 14.2. The van der Waals surface area contributed by atoms with E-state index in [0.717, 1.165) is 10.0 Å². The number of ketones is 1. The van der Waals surface area contributed by atoms with Gasteiger partial charge < -0.3 is 10.1 Å². The van der Waals surface area contributed by atoms with Crippen LogP contribution in [-0.4, -0.2) is 11.7 Å². The summed E-state index contributed by atoms with van der Waals surface area (Å²) in [5, 5.41) is 3.30. The molecule has 0 spiro atoms. The maximum absolute atomic E-state index is 11.5. The third-order valence-corrected chi connectivity index (χ3v) is 3.29. The Morgan fingerprint density at radius 1 is 1.35 bits per heavy atom. The highest BCUT2D eigenvalue weighted by Crippen LogP contribution is 2.29. The van der Waals surface area contributed by atoms with E-state index in [1.807, 2.05) is 13.0 Å². The lowest BCUT2D eigenvalue weighted by Crippen LogP contribution is -2.13. The first-order valence-electron chi connectivity index (χ1n) is 5.15. The molecule has 0 aliphatic carbocycles. The van der Waals surface area contributed by atoms with Gasteiger partial charge in [-0.2, -0.15) is 0 Å². The maximum Gasteiger partial charge on any atom is 0.224 e. The van der Waals surface area contributed by atoms with Gasteiger partial charge >= 0.3 is 0 Å². The molecule has 0 aliphatic rings. The zero-order valence-electron chi connectivity index (χ0n) is 9.64. The first-order valence-corrected chi connectivity index (χ1v) is 6.32. The lowest BCUT2D eigenvalue weighted by molar-refractivity contribution is -0.121. The second kappa shape index (κ2) is 6.17. The van der Waals surface area contributed by atoms with E-state index in [-0.39, 0.29) is 24.5 Å². The molecule has 0 saturated carbocycles. The molecular formula is C12H13BrClNO2. The van der Waals surface area contributed by atoms with Crippen molar-refractivity contribution < 1.29 is 9.59 Å². The van der Waals surface area contributed by atoms with Crippen LogP contribution in [0.2, 0.25) is 5.02 Å². The van der Waals surface area contributed by atoms with Crippen LogP contribution >= 0.6 is 27.5 Å². The summed E-state index contributed by atoms with van der Waals surface area (Å²) in [4.78, 5) is 22.3. The molecule has 0 radical (unpaired) electrons. The van der Waals surface area contributed by atoms with Crippen molar-refractivity contribution in [3.8, 4) is 0 Å². The van der Waals surface area contributed by atoms with Crippen molar-refractivity contribution in [3.63, 3.8) is 0 Å². The van der Waals surface area contributed by atoms with E-state index in [2.05, 4.69) is 21.2 Å². The Morgan fingerprint density at radius 3 is 2.59 bits per heavy atom. The van der Waals surface area contributed by atoms with Crippen molar-refractivity contribution in [3.05, 3.63) is 27.2 Å². The second-order valence-corrected chi connectivity index (χ2v) is 5.09. The molecule has 17 heavy (non-hydrogen) atoms. The number of anilines is 1. The van der Waals surface area contributed by atoms with Crippen LogP contribution in [0.15, 0.2) is 16.6 Å². The van der Waals surface area contributed by atoms with Gasteiger partial charge in [0.15, 0.2) is 0 Å². The number of halogens is 2. The van der Waals surface area contributed by atoms with E-state index in [0.29, 0.717) is 10.7 Å². The molecule has 1 rings (SSSR count). The fourth-order valence-corrected chi connectivity index (χ4v) is 1.96. The second-order valence-electron chi connectivity index (χ2n) is 3.83. The molecule has 0 saturated heterocycles. The Hall–Kier alpha value is -0.870. The smallest absolute Gasteiger partial charge is 0.224 e. The van der Waals surface area contributed by atoms with E-state index in [1.54, 1.807) is 6.07 Å². The predicted molar refractivity (Wildman–Crippen MR) is 72.4 cm³/mol. The quantitative estimate of drug-likeness (QED) is 0.919. The highest BCUT2D eigenvalue weighted by atomic mass is 79.9. The fourth-order valence-electron chi connectivity index (χ4n) is 1.24. The van der Waals surface area contributed by atoms with Crippen molar-refractivity contribution in [1.82, 2.24) is 0 Å². The lowest BCUT2D eigenvalue weighted by atomic mass is 10.2. The van der Waals surface area contributed by atoms with Gasteiger partial charge in [0.25, 0.3) is 0 Å². The number of carbonyl (C=O) groups is 2. The zero-order chi connectivity index (χ0) is 13.0. The number of benzene rings is 1. The molecule has 0 bridgehead atoms. The normalized spacial score (nSPS) is 10.1. The molecule has 1 aromatic carbocycles. The summed E-state index contributed by atoms with van der Waals surface area (Å²) in [5.41, 5.74) is 1.55. The zero-order valence-corrected chi connectivity index (χ0v) is 12.0. The van der Waals surface area contributed by atoms with Crippen molar-refractivity contribution >= 4 is 44.9 Å². The van der Waals surface area contributed by atoms with Gasteiger partial charge in [-0.3, -0.25) is 4.79 Å². The SMILES string of the molecule is CC(=O)CCC(=O)Nc1cc(Cl)c(C)cc1Br. The molecule has 0 heterocycles. The summed E-state index contributed by atoms with van der Waals surface area (Å²) in [6, 6.07) is 3.52. The van der Waals surface area contributed by atoms with Crippen molar-refractivity contribution in [2.45, 2.75) is 26.7 Å². The molecule has 0 unspecified atom stereocenters. The topological polar surface area (TPSA) is 46.2 Å². The van der Waals surface area contributed by atoms with E-state index in [9.17, 15) is 9.59 Å². The van der Waals surface area contributed by atoms with Gasteiger partial charge in [0.1, 0.15) is 5.78 Å². The summed E-state index contributed by atoms with van der Waals surface area (Å²) in [7, 11) is 0. The van der Waals surface area contributed by atoms with Gasteiger partial charge in [-0.15, -0.1) is 0 Å². The molecular weight excluding hydrogens is 305 g/mol. The van der Waals surface area contributed by atoms with Crippen LogP contribution < -0.4 is 5.32 Å². The monoisotopic (exact) mass is 317 g/mol. The van der Waals surface area contributed by atoms with Gasteiger partial charge in [0, 0.05) is 22.3 Å². The van der Waals surface area contributed by atoms with E-state index in [4.69, 9.17) is 11.6 Å². The molecule has 1 amide bonds. The van der Waals surface area contributed by atoms with Crippen molar-refractivity contribution in [2.75, 3.05) is 5.32 Å². The predicted octanol–water partition coefficient (Wildman–Crippen LogP) is 3.72. The van der Waals surface area contributed by atoms with Gasteiger partial charge in [0.05, 0.1) is 5.69 Å². The van der Waals surface area contributed by atoms with Crippen LogP contribution in [0.25, 0.3) is 0 Å². The van der Waals surface area contributed by atoms with Crippen LogP contribution in [0.5, 0.6) is 0 Å². The van der Waals surface area contributed by atoms with Crippen LogP contribution in [0.3, 0.4) is 0 Å². The van der Waals surface area contributed by atoms with E-state index >= 15 is 0 Å². The van der Waals surface area contributed by atoms with Crippen LogP contribution in [0, 0.1) is 6.92 Å². The molecule has 1 N–H and O–H groups in total. The summed E-state index contributed by atoms with van der Waals surface area (Å²) in [6.07, 6.45) is 0.441. The number of nitrogens with one attached hydrogen (secondary N) is 1. The summed E-state index contributed by atoms with van der Waals surface area (Å²) in [6.45, 7) is 3.35. The van der Waals surface area contributed by atoms with Crippen molar-refractivity contribution in [1.29, 1.82) is 0 Å². The van der Waals surface area contributed by atoms with E-state index in [1.165, 1.54) is 6.92 Å². The average molecular weight is 319 g/mol. The molecule has 1 aromatic rings. The minimum atomic E-state index is -0.194. The molecule has 92 valence electrons. The molecule has 3 nitrogen and oxygen atoms in total. The van der Waals surface area contributed by atoms with Gasteiger partial charge in [-0.05, 0) is 47.5 Å². The molecule has 0 atom stereocenters. The number of hydrogen-bond acceptors (Lipinski definition) is 2. The summed E-state index contributed by atoms with van der Waals surface area (Å²) in [5.74, 6) is -0.193. The minimum Gasteiger partial charge on any atom is -0.325 e. The number of carbonyl (C=O) groups excluding carboxylic acids is 2. The summed E-state index contributed by atoms with van der Waals surface area (Å²) < 4.78 is 0.774. The molecule has 0 aromatic heterocycles. The van der Waals surface area contributed by atoms with Gasteiger partial charge in [-0.25, -0.2) is 0 Å². The number of hydrogen-bond donors (Lipinski definition) is 1. The Bertz CT molecular complexity index is 460. The third-order valence-electron chi connectivity index (χ3n) is 2.23. The number of Topliss-reactive ketones (excluding diaryl/α,β-unsaturated/α-hetero) is 1. The summed E-state index contributed by atoms with van der Waals surface area (Å²) >= 11 is 9.32. The third kappa shape index (κ3) is 4.48. The highest BCUT2D eigenvalue weighted by molar-refractivity contribution is 9.10. The number of aryl methyl sites for hydroxylation is 1. The van der Waals surface area contributed by atoms with E-state index < -0.39 is 0 Å². The average Bonchev–Trinajstić information content (AvgIpc) is 2.23. The van der Waals surface area contributed by atoms with Crippen LogP contribution in [-0.2, 0) is 9.59 Å². The van der Waals surface area contributed by atoms with Crippen LogP contribution in [0.1, 0.15) is 25.3 Å².